The Bertz CT molecular complexity index is 1250. The maximum Gasteiger partial charge on any atom is 0.225 e. The van der Waals surface area contributed by atoms with Crippen molar-refractivity contribution in [2.24, 2.45) is 4.99 Å². The lowest BCUT2D eigenvalue weighted by atomic mass is 10.1. The Morgan fingerprint density at radius 1 is 1.27 bits per heavy atom. The molecule has 3 heterocycles. The number of nitrogens with one attached hydrogen (secondary N) is 2. The summed E-state index contributed by atoms with van der Waals surface area (Å²) in [5.74, 6) is 1.02. The number of fused-ring (bicyclic) bond motifs is 1. The van der Waals surface area contributed by atoms with Gasteiger partial charge in [-0.05, 0) is 44.0 Å². The van der Waals surface area contributed by atoms with Crippen molar-refractivity contribution in [1.29, 1.82) is 5.41 Å². The van der Waals surface area contributed by atoms with Crippen LogP contribution in [0.15, 0.2) is 47.6 Å². The van der Waals surface area contributed by atoms with Gasteiger partial charge in [-0.25, -0.2) is 17.7 Å². The molecule has 3 aromatic rings. The molecule has 1 aromatic carbocycles. The molecule has 1 atom stereocenters. The number of rotatable bonds is 8. The summed E-state index contributed by atoms with van der Waals surface area (Å²) >= 11 is 0. The Kier molecular flexibility index (Phi) is 6.85. The van der Waals surface area contributed by atoms with E-state index in [9.17, 15) is 8.42 Å². The molecule has 9 nitrogen and oxygen atoms in total. The van der Waals surface area contributed by atoms with Crippen molar-refractivity contribution in [3.05, 3.63) is 54.1 Å². The van der Waals surface area contributed by atoms with Crippen LogP contribution in [0.5, 0.6) is 5.88 Å². The standard InChI is InChI=1S/C23H28N6O3S/c1-16(26-21(9-12-24)20-8-5-13-25-20)22-27-19-7-4-3-6-18(19)23(28-22)32-17-10-14-29(15-11-17)33(2,30)31/h3-8,12-13,16-17,24-25H,9-11,14-15H2,1-2H3. The zero-order valence-electron chi connectivity index (χ0n) is 18.7. The maximum absolute atomic E-state index is 11.8. The average molecular weight is 469 g/mol. The smallest absolute Gasteiger partial charge is 0.225 e. The van der Waals surface area contributed by atoms with E-state index in [1.165, 1.54) is 16.8 Å². The number of para-hydroxylation sites is 1. The van der Waals surface area contributed by atoms with Gasteiger partial charge >= 0.3 is 0 Å². The maximum atomic E-state index is 11.8. The Morgan fingerprint density at radius 2 is 2.03 bits per heavy atom. The van der Waals surface area contributed by atoms with Gasteiger partial charge in [0.05, 0.1) is 28.6 Å². The van der Waals surface area contributed by atoms with E-state index in [0.717, 1.165) is 22.3 Å². The Balaban J connectivity index is 1.62. The summed E-state index contributed by atoms with van der Waals surface area (Å²) in [6.45, 7) is 2.79. The van der Waals surface area contributed by atoms with Gasteiger partial charge in [0, 0.05) is 31.9 Å². The summed E-state index contributed by atoms with van der Waals surface area (Å²) in [5.41, 5.74) is 2.39. The number of sulfonamides is 1. The molecule has 174 valence electrons. The number of aromatic nitrogens is 3. The molecule has 1 aliphatic rings. The SMILES string of the molecule is CC(N=C(CC=N)c1ccc[nH]1)c1nc(OC2CCN(S(C)(=O)=O)CC2)c2ccccc2n1. The zero-order valence-corrected chi connectivity index (χ0v) is 19.5. The van der Waals surface area contributed by atoms with Crippen molar-refractivity contribution in [2.45, 2.75) is 38.3 Å². The van der Waals surface area contributed by atoms with Crippen LogP contribution in [0.25, 0.3) is 10.9 Å². The third kappa shape index (κ3) is 5.45. The molecule has 0 saturated carbocycles. The normalized spacial score (nSPS) is 17.2. The highest BCUT2D eigenvalue weighted by Gasteiger charge is 2.27. The van der Waals surface area contributed by atoms with Crippen LogP contribution in [0.1, 0.15) is 43.7 Å². The second kappa shape index (κ2) is 9.80. The van der Waals surface area contributed by atoms with E-state index < -0.39 is 10.0 Å². The molecule has 0 bridgehead atoms. The minimum Gasteiger partial charge on any atom is -0.474 e. The van der Waals surface area contributed by atoms with Crippen LogP contribution < -0.4 is 4.74 Å². The molecule has 1 saturated heterocycles. The molecule has 0 aliphatic carbocycles. The number of hydrogen-bond acceptors (Lipinski definition) is 7. The van der Waals surface area contributed by atoms with E-state index >= 15 is 0 Å². The number of aliphatic imine (C=N–C) groups is 1. The number of benzene rings is 1. The third-order valence-electron chi connectivity index (χ3n) is 5.66. The van der Waals surface area contributed by atoms with Gasteiger partial charge in [0.2, 0.25) is 15.9 Å². The van der Waals surface area contributed by atoms with Crippen LogP contribution in [0.3, 0.4) is 0 Å². The molecule has 10 heteroatoms. The van der Waals surface area contributed by atoms with Gasteiger partial charge in [-0.3, -0.25) is 4.99 Å². The summed E-state index contributed by atoms with van der Waals surface area (Å²) < 4.78 is 31.4. The number of ether oxygens (including phenoxy) is 1. The Labute approximate surface area is 193 Å². The largest absolute Gasteiger partial charge is 0.474 e. The molecule has 0 radical (unpaired) electrons. The highest BCUT2D eigenvalue weighted by atomic mass is 32.2. The van der Waals surface area contributed by atoms with Crippen LogP contribution in [-0.2, 0) is 10.0 Å². The van der Waals surface area contributed by atoms with Gasteiger partial charge in [0.25, 0.3) is 0 Å². The zero-order chi connectivity index (χ0) is 23.4. The van der Waals surface area contributed by atoms with Crippen molar-refractivity contribution in [2.75, 3.05) is 19.3 Å². The van der Waals surface area contributed by atoms with Gasteiger partial charge in [0.1, 0.15) is 12.1 Å². The fourth-order valence-corrected chi connectivity index (χ4v) is 4.79. The van der Waals surface area contributed by atoms with Gasteiger partial charge < -0.3 is 15.1 Å². The first-order valence-electron chi connectivity index (χ1n) is 10.9. The first-order valence-corrected chi connectivity index (χ1v) is 12.8. The van der Waals surface area contributed by atoms with Gasteiger partial charge in [-0.1, -0.05) is 12.1 Å². The lowest BCUT2D eigenvalue weighted by molar-refractivity contribution is 0.131. The lowest BCUT2D eigenvalue weighted by Crippen LogP contribution is -2.41. The summed E-state index contributed by atoms with van der Waals surface area (Å²) in [7, 11) is -3.19. The van der Waals surface area contributed by atoms with Gasteiger partial charge in [0.15, 0.2) is 5.82 Å². The topological polar surface area (TPSA) is 124 Å². The number of aromatic amines is 1. The van der Waals surface area contributed by atoms with Gasteiger partial charge in [-0.15, -0.1) is 0 Å². The lowest BCUT2D eigenvalue weighted by Gasteiger charge is -2.30. The molecule has 33 heavy (non-hydrogen) atoms. The predicted molar refractivity (Wildman–Crippen MR) is 129 cm³/mol. The first-order chi connectivity index (χ1) is 15.8. The summed E-state index contributed by atoms with van der Waals surface area (Å²) in [6, 6.07) is 11.1. The molecule has 0 spiro atoms. The van der Waals surface area contributed by atoms with E-state index in [2.05, 4.69) is 4.98 Å². The minimum atomic E-state index is -3.19. The number of H-pyrrole nitrogens is 1. The van der Waals surface area contributed by atoms with Crippen LogP contribution >= 0.6 is 0 Å². The van der Waals surface area contributed by atoms with Crippen molar-refractivity contribution >= 4 is 32.9 Å². The molecule has 1 fully saturated rings. The van der Waals surface area contributed by atoms with E-state index in [0.29, 0.717) is 44.1 Å². The molecular formula is C23H28N6O3S. The van der Waals surface area contributed by atoms with Crippen LogP contribution in [-0.4, -0.2) is 65.1 Å². The van der Waals surface area contributed by atoms with Crippen molar-refractivity contribution in [3.8, 4) is 5.88 Å². The predicted octanol–water partition coefficient (Wildman–Crippen LogP) is 3.35. The summed E-state index contributed by atoms with van der Waals surface area (Å²) in [4.78, 5) is 17.4. The monoisotopic (exact) mass is 468 g/mol. The average Bonchev–Trinajstić information content (AvgIpc) is 3.33. The molecular weight excluding hydrogens is 440 g/mol. The number of piperidine rings is 1. The van der Waals surface area contributed by atoms with Crippen LogP contribution in [0.4, 0.5) is 0 Å². The van der Waals surface area contributed by atoms with E-state index in [1.807, 2.05) is 49.5 Å². The highest BCUT2D eigenvalue weighted by molar-refractivity contribution is 7.88. The van der Waals surface area contributed by atoms with Crippen molar-refractivity contribution in [1.82, 2.24) is 19.3 Å². The Hall–Kier alpha value is -3.11. The molecule has 2 N–H and O–H groups in total. The van der Waals surface area contributed by atoms with Gasteiger partial charge in [-0.2, -0.15) is 4.98 Å². The fourth-order valence-electron chi connectivity index (χ4n) is 3.91. The molecule has 1 aliphatic heterocycles. The highest BCUT2D eigenvalue weighted by Crippen LogP contribution is 2.28. The summed E-state index contributed by atoms with van der Waals surface area (Å²) in [6.07, 6.45) is 5.87. The number of nitrogens with zero attached hydrogens (tertiary/aromatic N) is 4. The first kappa shape index (κ1) is 23.1. The van der Waals surface area contributed by atoms with E-state index in [4.69, 9.17) is 25.1 Å². The minimum absolute atomic E-state index is 0.125. The van der Waals surface area contributed by atoms with E-state index in [-0.39, 0.29) is 12.1 Å². The van der Waals surface area contributed by atoms with Crippen molar-refractivity contribution < 1.29 is 13.2 Å². The summed E-state index contributed by atoms with van der Waals surface area (Å²) in [5, 5.41) is 8.32. The number of hydrogen-bond donors (Lipinski definition) is 2. The Morgan fingerprint density at radius 3 is 2.70 bits per heavy atom. The van der Waals surface area contributed by atoms with Crippen molar-refractivity contribution in [3.63, 3.8) is 0 Å². The third-order valence-corrected chi connectivity index (χ3v) is 6.96. The quantitative estimate of drug-likeness (QED) is 0.491. The second-order valence-electron chi connectivity index (χ2n) is 8.13. The molecule has 0 amide bonds. The molecule has 2 aromatic heterocycles. The fraction of sp³-hybridized carbons (Fsp3) is 0.391. The van der Waals surface area contributed by atoms with Crippen LogP contribution in [0, 0.1) is 5.41 Å². The second-order valence-corrected chi connectivity index (χ2v) is 10.1. The van der Waals surface area contributed by atoms with Crippen LogP contribution in [0.2, 0.25) is 0 Å². The van der Waals surface area contributed by atoms with E-state index in [1.54, 1.807) is 0 Å². The molecule has 4 rings (SSSR count). The molecule has 1 unspecified atom stereocenters.